The molecular formula is C23H29ClN4O4S2. The molecule has 3 aromatic rings. The van der Waals surface area contributed by atoms with E-state index < -0.39 is 4.92 Å². The fourth-order valence-corrected chi connectivity index (χ4v) is 5.18. The van der Waals surface area contributed by atoms with Crippen molar-refractivity contribution in [2.24, 2.45) is 0 Å². The van der Waals surface area contributed by atoms with Crippen LogP contribution >= 0.6 is 35.5 Å². The number of anilines is 1. The van der Waals surface area contributed by atoms with Gasteiger partial charge >= 0.3 is 0 Å². The van der Waals surface area contributed by atoms with E-state index in [-0.39, 0.29) is 24.0 Å². The van der Waals surface area contributed by atoms with Crippen LogP contribution in [0, 0.1) is 10.1 Å². The zero-order valence-electron chi connectivity index (χ0n) is 19.4. The van der Waals surface area contributed by atoms with Crippen molar-refractivity contribution in [3.05, 3.63) is 52.6 Å². The molecule has 34 heavy (non-hydrogen) atoms. The van der Waals surface area contributed by atoms with Crippen molar-refractivity contribution < 1.29 is 14.5 Å². The van der Waals surface area contributed by atoms with Crippen LogP contribution in [-0.4, -0.2) is 59.8 Å². The third-order valence-electron chi connectivity index (χ3n) is 5.28. The van der Waals surface area contributed by atoms with E-state index in [0.29, 0.717) is 34.1 Å². The maximum Gasteiger partial charge on any atom is 0.270 e. The summed E-state index contributed by atoms with van der Waals surface area (Å²) in [7, 11) is 1.63. The summed E-state index contributed by atoms with van der Waals surface area (Å²) >= 11 is 2.94. The van der Waals surface area contributed by atoms with Crippen LogP contribution in [-0.2, 0) is 4.79 Å². The number of benzene rings is 2. The van der Waals surface area contributed by atoms with Crippen molar-refractivity contribution >= 4 is 62.4 Å². The van der Waals surface area contributed by atoms with Crippen LogP contribution in [0.25, 0.3) is 10.2 Å². The number of hydrogen-bond acceptors (Lipinski definition) is 8. The number of nitro benzene ring substituents is 1. The number of rotatable bonds is 12. The Morgan fingerprint density at radius 2 is 1.85 bits per heavy atom. The number of carbonyl (C=O) groups excluding carboxylic acids is 1. The first-order chi connectivity index (χ1) is 15.9. The van der Waals surface area contributed by atoms with Crippen molar-refractivity contribution in [3.8, 4) is 5.75 Å². The highest BCUT2D eigenvalue weighted by Crippen LogP contribution is 2.32. The third-order valence-corrected chi connectivity index (χ3v) is 7.34. The van der Waals surface area contributed by atoms with Gasteiger partial charge in [-0.2, -0.15) is 0 Å². The highest BCUT2D eigenvalue weighted by molar-refractivity contribution is 7.99. The molecule has 0 aliphatic heterocycles. The lowest BCUT2D eigenvalue weighted by Crippen LogP contribution is -2.39. The number of fused-ring (bicyclic) bond motifs is 1. The molecule has 3 rings (SSSR count). The molecule has 0 saturated carbocycles. The van der Waals surface area contributed by atoms with Crippen molar-refractivity contribution in [2.45, 2.75) is 25.2 Å². The number of thiazole rings is 1. The van der Waals surface area contributed by atoms with Gasteiger partial charge < -0.3 is 9.64 Å². The van der Waals surface area contributed by atoms with Gasteiger partial charge in [0.25, 0.3) is 5.69 Å². The van der Waals surface area contributed by atoms with Gasteiger partial charge in [0.1, 0.15) is 5.75 Å². The van der Waals surface area contributed by atoms with Crippen LogP contribution < -0.4 is 9.64 Å². The number of methoxy groups -OCH3 is 1. The first-order valence-corrected chi connectivity index (χ1v) is 12.6. The van der Waals surface area contributed by atoms with Crippen LogP contribution in [0.2, 0.25) is 0 Å². The number of non-ortho nitro benzene ring substituents is 1. The molecule has 0 unspecified atom stereocenters. The van der Waals surface area contributed by atoms with Crippen molar-refractivity contribution in [3.63, 3.8) is 0 Å². The molecule has 11 heteroatoms. The molecule has 0 N–H and O–H groups in total. The fraction of sp³-hybridized carbons (Fsp3) is 0.391. The molecule has 184 valence electrons. The average Bonchev–Trinajstić information content (AvgIpc) is 3.25. The Hall–Kier alpha value is -2.40. The molecule has 1 heterocycles. The molecule has 0 fully saturated rings. The minimum atomic E-state index is -0.418. The summed E-state index contributed by atoms with van der Waals surface area (Å²) < 4.78 is 5.89. The summed E-state index contributed by atoms with van der Waals surface area (Å²) in [6, 6.07) is 12.4. The molecule has 0 bridgehead atoms. The third kappa shape index (κ3) is 7.30. The Balaban J connectivity index is 0.00000408. The van der Waals surface area contributed by atoms with Gasteiger partial charge in [-0.1, -0.05) is 25.2 Å². The second kappa shape index (κ2) is 13.5. The van der Waals surface area contributed by atoms with Crippen molar-refractivity contribution in [2.75, 3.05) is 43.9 Å². The standard InChI is InChI=1S/C23H28N4O4S2.ClH/c1-4-25(5-2)13-14-26(22(28)12-15-32-19-9-7-18(31-3)8-10-19)23-24-20-11-6-17(27(29)30)16-21(20)33-23;/h6-11,16H,4-5,12-15H2,1-3H3;1H. The topological polar surface area (TPSA) is 88.8 Å². The number of hydrogen-bond donors (Lipinski definition) is 0. The summed E-state index contributed by atoms with van der Waals surface area (Å²) in [6.07, 6.45) is 0.366. The molecule has 0 saturated heterocycles. The molecular weight excluding hydrogens is 496 g/mol. The van der Waals surface area contributed by atoms with Gasteiger partial charge in [0.15, 0.2) is 5.13 Å². The van der Waals surface area contributed by atoms with Gasteiger partial charge in [-0.25, -0.2) is 4.98 Å². The van der Waals surface area contributed by atoms with Crippen molar-refractivity contribution in [1.29, 1.82) is 0 Å². The second-order valence-electron chi connectivity index (χ2n) is 7.25. The van der Waals surface area contributed by atoms with E-state index in [1.54, 1.807) is 29.8 Å². The average molecular weight is 525 g/mol. The molecule has 0 radical (unpaired) electrons. The zero-order valence-corrected chi connectivity index (χ0v) is 21.9. The number of carbonyl (C=O) groups is 1. The Bertz CT molecular complexity index is 1090. The van der Waals surface area contributed by atoms with Crippen LogP contribution in [0.15, 0.2) is 47.4 Å². The number of halogens is 1. The Morgan fingerprint density at radius 1 is 1.15 bits per heavy atom. The smallest absolute Gasteiger partial charge is 0.270 e. The number of nitro groups is 1. The van der Waals surface area contributed by atoms with Crippen LogP contribution in [0.5, 0.6) is 5.75 Å². The molecule has 0 aliphatic rings. The lowest BCUT2D eigenvalue weighted by atomic mass is 10.3. The van der Waals surface area contributed by atoms with Gasteiger partial charge in [0.2, 0.25) is 5.91 Å². The summed E-state index contributed by atoms with van der Waals surface area (Å²) in [4.78, 5) is 33.6. The quantitative estimate of drug-likeness (QED) is 0.176. The summed E-state index contributed by atoms with van der Waals surface area (Å²) in [6.45, 7) is 7.25. The van der Waals surface area contributed by atoms with Gasteiger partial charge in [0, 0.05) is 42.3 Å². The number of amides is 1. The number of ether oxygens (including phenoxy) is 1. The number of thioether (sulfide) groups is 1. The molecule has 8 nitrogen and oxygen atoms in total. The SMILES string of the molecule is CCN(CC)CCN(C(=O)CCSc1ccc(OC)cc1)c1nc2ccc([N+](=O)[O-])cc2s1.Cl. The summed E-state index contributed by atoms with van der Waals surface area (Å²) in [5, 5.41) is 11.7. The van der Waals surface area contributed by atoms with E-state index in [1.165, 1.54) is 23.5 Å². The molecule has 1 amide bonds. The number of likely N-dealkylation sites (N-methyl/N-ethyl adjacent to an activating group) is 1. The molecule has 0 aliphatic carbocycles. The summed E-state index contributed by atoms with van der Waals surface area (Å²) in [5.74, 6) is 1.44. The van der Waals surface area contributed by atoms with E-state index in [0.717, 1.165) is 30.3 Å². The molecule has 0 atom stereocenters. The Labute approximate surface area is 213 Å². The van der Waals surface area contributed by atoms with Crippen LogP contribution in [0.4, 0.5) is 10.8 Å². The predicted molar refractivity (Wildman–Crippen MR) is 142 cm³/mol. The van der Waals surface area contributed by atoms with E-state index in [1.807, 2.05) is 24.3 Å². The van der Waals surface area contributed by atoms with E-state index in [4.69, 9.17) is 4.74 Å². The Kier molecular flexibility index (Phi) is 11.0. The second-order valence-corrected chi connectivity index (χ2v) is 9.43. The van der Waals surface area contributed by atoms with Gasteiger partial charge in [-0.15, -0.1) is 24.2 Å². The Morgan fingerprint density at radius 3 is 2.47 bits per heavy atom. The fourth-order valence-electron chi connectivity index (χ4n) is 3.30. The normalized spacial score (nSPS) is 10.8. The lowest BCUT2D eigenvalue weighted by Gasteiger charge is -2.24. The molecule has 1 aromatic heterocycles. The van der Waals surface area contributed by atoms with Gasteiger partial charge in [-0.3, -0.25) is 19.8 Å². The van der Waals surface area contributed by atoms with Crippen LogP contribution in [0.3, 0.4) is 0 Å². The number of nitrogens with zero attached hydrogens (tertiary/aromatic N) is 4. The monoisotopic (exact) mass is 524 g/mol. The highest BCUT2D eigenvalue weighted by Gasteiger charge is 2.21. The molecule has 2 aromatic carbocycles. The summed E-state index contributed by atoms with van der Waals surface area (Å²) in [5.41, 5.74) is 0.684. The maximum absolute atomic E-state index is 13.2. The van der Waals surface area contributed by atoms with Gasteiger partial charge in [0.05, 0.1) is 22.2 Å². The maximum atomic E-state index is 13.2. The van der Waals surface area contributed by atoms with Crippen molar-refractivity contribution in [1.82, 2.24) is 9.88 Å². The van der Waals surface area contributed by atoms with Gasteiger partial charge in [-0.05, 0) is 43.4 Å². The van der Waals surface area contributed by atoms with Crippen LogP contribution in [0.1, 0.15) is 20.3 Å². The first-order valence-electron chi connectivity index (χ1n) is 10.8. The zero-order chi connectivity index (χ0) is 23.8. The van der Waals surface area contributed by atoms with E-state index in [9.17, 15) is 14.9 Å². The minimum absolute atomic E-state index is 0. The number of aromatic nitrogens is 1. The van der Waals surface area contributed by atoms with E-state index >= 15 is 0 Å². The minimum Gasteiger partial charge on any atom is -0.497 e. The first kappa shape index (κ1) is 27.8. The highest BCUT2D eigenvalue weighted by atomic mass is 35.5. The van der Waals surface area contributed by atoms with E-state index in [2.05, 4.69) is 23.7 Å². The lowest BCUT2D eigenvalue weighted by molar-refractivity contribution is -0.384. The largest absolute Gasteiger partial charge is 0.497 e. The predicted octanol–water partition coefficient (Wildman–Crippen LogP) is 5.49. The molecule has 0 spiro atoms.